The molecule has 0 aliphatic carbocycles. The van der Waals surface area contributed by atoms with Crippen LogP contribution in [0.15, 0.2) is 47.2 Å². The van der Waals surface area contributed by atoms with E-state index in [1.54, 1.807) is 11.1 Å². The van der Waals surface area contributed by atoms with E-state index in [2.05, 4.69) is 9.88 Å². The molecule has 2 fully saturated rings. The van der Waals surface area contributed by atoms with E-state index in [-0.39, 0.29) is 30.0 Å². The van der Waals surface area contributed by atoms with Crippen molar-refractivity contribution in [3.8, 4) is 0 Å². The minimum Gasteiger partial charge on any atom is -0.446 e. The van der Waals surface area contributed by atoms with E-state index in [9.17, 15) is 23.1 Å². The molecule has 0 saturated carbocycles. The molecule has 4 heterocycles. The van der Waals surface area contributed by atoms with Crippen molar-refractivity contribution in [3.05, 3.63) is 71.4 Å². The average molecular weight is 514 g/mol. The number of benzene rings is 1. The molecule has 2 saturated heterocycles. The van der Waals surface area contributed by atoms with Gasteiger partial charge in [-0.1, -0.05) is 0 Å². The molecule has 3 aromatic rings. The molecule has 1 unspecified atom stereocenters. The highest BCUT2D eigenvalue weighted by Gasteiger charge is 2.34. The van der Waals surface area contributed by atoms with Gasteiger partial charge in [-0.25, -0.2) is 18.2 Å². The Morgan fingerprint density at radius 2 is 1.81 bits per heavy atom. The lowest BCUT2D eigenvalue weighted by Crippen LogP contribution is -2.50. The Balaban J connectivity index is 1.14. The van der Waals surface area contributed by atoms with E-state index in [1.807, 2.05) is 18.4 Å². The number of nitrogens with zero attached hydrogens (tertiary/aromatic N) is 3. The lowest BCUT2D eigenvalue weighted by molar-refractivity contribution is -0.127. The number of hydrogen-bond donors (Lipinski definition) is 1. The lowest BCUT2D eigenvalue weighted by atomic mass is 9.85. The Morgan fingerprint density at radius 3 is 2.49 bits per heavy atom. The Morgan fingerprint density at radius 1 is 1.11 bits per heavy atom. The molecule has 9 heteroatoms. The summed E-state index contributed by atoms with van der Waals surface area (Å²) in [5.41, 5.74) is 1.96. The molecule has 6 nitrogen and oxygen atoms in total. The van der Waals surface area contributed by atoms with Gasteiger partial charge in [-0.15, -0.1) is 0 Å². The van der Waals surface area contributed by atoms with Gasteiger partial charge in [0.2, 0.25) is 11.6 Å². The minimum atomic E-state index is -1.53. The summed E-state index contributed by atoms with van der Waals surface area (Å²) in [4.78, 5) is 21.0. The van der Waals surface area contributed by atoms with Crippen LogP contribution in [0, 0.1) is 23.4 Å². The van der Waals surface area contributed by atoms with Crippen LogP contribution in [0.3, 0.4) is 0 Å². The number of aliphatic hydroxyl groups excluding tert-OH is 1. The highest BCUT2D eigenvalue weighted by molar-refractivity contribution is 5.91. The second-order valence-corrected chi connectivity index (χ2v) is 9.90. The number of piperidine rings is 2. The molecule has 0 radical (unpaired) electrons. The molecule has 37 heavy (non-hydrogen) atoms. The van der Waals surface area contributed by atoms with E-state index in [0.717, 1.165) is 56.3 Å². The van der Waals surface area contributed by atoms with Gasteiger partial charge in [0.1, 0.15) is 0 Å². The second kappa shape index (κ2) is 11.1. The summed E-state index contributed by atoms with van der Waals surface area (Å²) in [6.07, 6.45) is 9.60. The fourth-order valence-corrected chi connectivity index (χ4v) is 5.76. The average Bonchev–Trinajstić information content (AvgIpc) is 3.36. The zero-order valence-electron chi connectivity index (χ0n) is 20.5. The maximum Gasteiger partial charge on any atom is 0.246 e. The summed E-state index contributed by atoms with van der Waals surface area (Å²) in [5.74, 6) is -3.69. The maximum absolute atomic E-state index is 13.4. The SMILES string of the molecule is O=C(C=Cc1cc(F)c(F)c(F)c1)N1CCC(C(CO)N2CCC(c3coc4ncccc34)CC2)CC1. The van der Waals surface area contributed by atoms with Crippen molar-refractivity contribution in [1.29, 1.82) is 0 Å². The molecule has 2 aromatic heterocycles. The van der Waals surface area contributed by atoms with E-state index in [4.69, 9.17) is 4.42 Å². The number of aliphatic hydroxyl groups is 1. The fourth-order valence-electron chi connectivity index (χ4n) is 5.76. The van der Waals surface area contributed by atoms with Crippen molar-refractivity contribution in [3.63, 3.8) is 0 Å². The summed E-state index contributed by atoms with van der Waals surface area (Å²) < 4.78 is 45.6. The number of halogens is 3. The summed E-state index contributed by atoms with van der Waals surface area (Å²) >= 11 is 0. The van der Waals surface area contributed by atoms with E-state index >= 15 is 0 Å². The smallest absolute Gasteiger partial charge is 0.246 e. The van der Waals surface area contributed by atoms with Gasteiger partial charge in [-0.05, 0) is 86.5 Å². The third kappa shape index (κ3) is 5.43. The minimum absolute atomic E-state index is 0.0432. The topological polar surface area (TPSA) is 69.8 Å². The fraction of sp³-hybridized carbons (Fsp3) is 0.429. The van der Waals surface area contributed by atoms with Crippen LogP contribution in [0.25, 0.3) is 17.2 Å². The van der Waals surface area contributed by atoms with E-state index in [0.29, 0.717) is 24.7 Å². The number of rotatable bonds is 6. The van der Waals surface area contributed by atoms with Crippen LogP contribution in [0.4, 0.5) is 13.2 Å². The molecule has 5 rings (SSSR count). The third-order valence-corrected chi connectivity index (χ3v) is 7.83. The monoisotopic (exact) mass is 513 g/mol. The van der Waals surface area contributed by atoms with Crippen molar-refractivity contribution in [1.82, 2.24) is 14.8 Å². The maximum atomic E-state index is 13.4. The van der Waals surface area contributed by atoms with Crippen molar-refractivity contribution in [2.24, 2.45) is 5.92 Å². The second-order valence-electron chi connectivity index (χ2n) is 9.90. The zero-order valence-corrected chi connectivity index (χ0v) is 20.5. The molecular weight excluding hydrogens is 483 g/mol. The molecule has 2 aliphatic heterocycles. The Bertz CT molecular complexity index is 1250. The van der Waals surface area contributed by atoms with Crippen LogP contribution in [0.5, 0.6) is 0 Å². The molecule has 2 aliphatic rings. The highest BCUT2D eigenvalue weighted by atomic mass is 19.2. The number of furan rings is 1. The van der Waals surface area contributed by atoms with Crippen LogP contribution in [-0.4, -0.2) is 64.6 Å². The predicted molar refractivity (Wildman–Crippen MR) is 133 cm³/mol. The van der Waals surface area contributed by atoms with Gasteiger partial charge in [0.05, 0.1) is 12.9 Å². The molecular formula is C28H30F3N3O3. The number of likely N-dealkylation sites (tertiary alicyclic amines) is 2. The molecule has 0 spiro atoms. The largest absolute Gasteiger partial charge is 0.446 e. The molecule has 1 aromatic carbocycles. The van der Waals surface area contributed by atoms with Crippen LogP contribution >= 0.6 is 0 Å². The van der Waals surface area contributed by atoms with Crippen molar-refractivity contribution in [2.75, 3.05) is 32.8 Å². The van der Waals surface area contributed by atoms with Crippen molar-refractivity contribution < 1.29 is 27.5 Å². The molecule has 196 valence electrons. The van der Waals surface area contributed by atoms with Crippen molar-refractivity contribution >= 4 is 23.1 Å². The molecule has 0 bridgehead atoms. The van der Waals surface area contributed by atoms with Gasteiger partial charge in [0, 0.05) is 42.4 Å². The lowest BCUT2D eigenvalue weighted by Gasteiger charge is -2.43. The predicted octanol–water partition coefficient (Wildman–Crippen LogP) is 4.74. The first kappa shape index (κ1) is 25.5. The highest BCUT2D eigenvalue weighted by Crippen LogP contribution is 2.35. The third-order valence-electron chi connectivity index (χ3n) is 7.83. The number of pyridine rings is 1. The van der Waals surface area contributed by atoms with Gasteiger partial charge in [0.15, 0.2) is 17.5 Å². The summed E-state index contributed by atoms with van der Waals surface area (Å²) in [6, 6.07) is 5.73. The summed E-state index contributed by atoms with van der Waals surface area (Å²) in [7, 11) is 0. The molecule has 1 atom stereocenters. The number of fused-ring (bicyclic) bond motifs is 1. The van der Waals surface area contributed by atoms with Crippen molar-refractivity contribution in [2.45, 2.75) is 37.6 Å². The molecule has 1 N–H and O–H groups in total. The number of amides is 1. The first-order valence-corrected chi connectivity index (χ1v) is 12.7. The van der Waals surface area contributed by atoms with E-state index < -0.39 is 17.5 Å². The standard InChI is InChI=1S/C28H30F3N3O3/c29-23-14-18(15-24(30)27(23)31)3-4-26(36)34-12-7-20(8-13-34)25(16-35)33-10-5-19(6-11-33)22-17-37-28-21(22)2-1-9-32-28/h1-4,9,14-15,17,19-20,25,35H,5-8,10-13,16H2. The Hall–Kier alpha value is -3.17. The summed E-state index contributed by atoms with van der Waals surface area (Å²) in [6.45, 7) is 2.93. The van der Waals surface area contributed by atoms with Gasteiger partial charge >= 0.3 is 0 Å². The first-order chi connectivity index (χ1) is 17.9. The zero-order chi connectivity index (χ0) is 25.9. The van der Waals surface area contributed by atoms with Crippen LogP contribution in [0.2, 0.25) is 0 Å². The number of aromatic nitrogens is 1. The normalized spacial score (nSPS) is 19.2. The Kier molecular flexibility index (Phi) is 7.62. The van der Waals surface area contributed by atoms with Gasteiger partial charge < -0.3 is 14.4 Å². The number of carbonyl (C=O) groups excluding carboxylic acids is 1. The van der Waals surface area contributed by atoms with Gasteiger partial charge in [-0.3, -0.25) is 9.69 Å². The first-order valence-electron chi connectivity index (χ1n) is 12.7. The van der Waals surface area contributed by atoms with E-state index in [1.165, 1.54) is 17.7 Å². The number of hydrogen-bond acceptors (Lipinski definition) is 5. The number of carbonyl (C=O) groups is 1. The Labute approximate surface area is 213 Å². The quantitative estimate of drug-likeness (QED) is 0.381. The van der Waals surface area contributed by atoms with Crippen LogP contribution < -0.4 is 0 Å². The van der Waals surface area contributed by atoms with Gasteiger partial charge in [-0.2, -0.15) is 0 Å². The summed E-state index contributed by atoms with van der Waals surface area (Å²) in [5, 5.41) is 11.3. The van der Waals surface area contributed by atoms with Crippen LogP contribution in [0.1, 0.15) is 42.7 Å². The van der Waals surface area contributed by atoms with Crippen LogP contribution in [-0.2, 0) is 4.79 Å². The van der Waals surface area contributed by atoms with Gasteiger partial charge in [0.25, 0.3) is 0 Å². The molecule has 1 amide bonds.